The molecule has 0 bridgehead atoms. The van der Waals surface area contributed by atoms with Gasteiger partial charge in [-0.05, 0) is 29.3 Å². The molecule has 0 aliphatic carbocycles. The number of hydrogen-bond acceptors (Lipinski definition) is 4. The van der Waals surface area contributed by atoms with Crippen LogP contribution in [0, 0.1) is 11.3 Å². The maximum Gasteiger partial charge on any atom is 0.241 e. The van der Waals surface area contributed by atoms with Crippen molar-refractivity contribution in [3.63, 3.8) is 0 Å². The number of thiophene rings is 1. The molecule has 1 rings (SSSR count). The van der Waals surface area contributed by atoms with E-state index in [1.54, 1.807) is 6.07 Å². The van der Waals surface area contributed by atoms with Crippen LogP contribution in [0.4, 0.5) is 0 Å². The summed E-state index contributed by atoms with van der Waals surface area (Å²) in [5.74, 6) is 0.411. The average molecular weight is 319 g/mol. The average Bonchev–Trinajstić information content (AvgIpc) is 2.83. The van der Waals surface area contributed by atoms with E-state index in [1.165, 1.54) is 11.3 Å². The van der Waals surface area contributed by atoms with Crippen molar-refractivity contribution in [3.8, 4) is 0 Å². The summed E-state index contributed by atoms with van der Waals surface area (Å²) >= 11 is 1.47. The van der Waals surface area contributed by atoms with Crippen LogP contribution < -0.4 is 10.0 Å². The Morgan fingerprint density at radius 1 is 1.35 bits per heavy atom. The summed E-state index contributed by atoms with van der Waals surface area (Å²) in [5.41, 5.74) is -0.0646. The van der Waals surface area contributed by atoms with E-state index in [4.69, 9.17) is 0 Å². The van der Waals surface area contributed by atoms with Crippen molar-refractivity contribution in [1.29, 1.82) is 0 Å². The largest absolute Gasteiger partial charge is 0.312 e. The molecule has 0 aliphatic heterocycles. The van der Waals surface area contributed by atoms with Gasteiger partial charge in [-0.25, -0.2) is 13.1 Å². The highest BCUT2D eigenvalue weighted by atomic mass is 32.2. The van der Waals surface area contributed by atoms with Crippen molar-refractivity contribution in [2.75, 3.05) is 13.1 Å². The highest BCUT2D eigenvalue weighted by Gasteiger charge is 2.26. The van der Waals surface area contributed by atoms with Crippen molar-refractivity contribution in [1.82, 2.24) is 10.0 Å². The maximum atomic E-state index is 12.4. The first-order chi connectivity index (χ1) is 9.20. The Morgan fingerprint density at radius 3 is 2.55 bits per heavy atom. The van der Waals surface area contributed by atoms with Crippen molar-refractivity contribution < 1.29 is 8.42 Å². The van der Waals surface area contributed by atoms with E-state index >= 15 is 0 Å². The molecule has 0 aromatic carbocycles. The Hall–Kier alpha value is -0.430. The van der Waals surface area contributed by atoms with Crippen LogP contribution in [-0.2, 0) is 16.6 Å². The van der Waals surface area contributed by atoms with Crippen LogP contribution in [-0.4, -0.2) is 21.5 Å². The van der Waals surface area contributed by atoms with Crippen LogP contribution in [0.3, 0.4) is 0 Å². The van der Waals surface area contributed by atoms with Gasteiger partial charge < -0.3 is 5.32 Å². The Kier molecular flexibility index (Phi) is 6.19. The predicted molar refractivity (Wildman–Crippen MR) is 85.5 cm³/mol. The number of rotatable bonds is 8. The van der Waals surface area contributed by atoms with Gasteiger partial charge in [-0.15, -0.1) is 11.3 Å². The molecule has 6 heteroatoms. The molecule has 1 aromatic rings. The van der Waals surface area contributed by atoms with Crippen LogP contribution in [0.25, 0.3) is 0 Å². The third-order valence-corrected chi connectivity index (χ3v) is 6.35. The molecule has 0 saturated carbocycles. The Labute approximate surface area is 127 Å². The summed E-state index contributed by atoms with van der Waals surface area (Å²) in [7, 11) is -3.42. The maximum absolute atomic E-state index is 12.4. The molecule has 20 heavy (non-hydrogen) atoms. The Morgan fingerprint density at radius 2 is 2.00 bits per heavy atom. The van der Waals surface area contributed by atoms with Gasteiger partial charge in [-0.2, -0.15) is 0 Å². The fourth-order valence-corrected chi connectivity index (χ4v) is 4.13. The first kappa shape index (κ1) is 17.6. The second-order valence-corrected chi connectivity index (χ2v) is 8.69. The van der Waals surface area contributed by atoms with E-state index in [1.807, 2.05) is 12.3 Å². The minimum Gasteiger partial charge on any atom is -0.312 e. The number of sulfonamides is 1. The van der Waals surface area contributed by atoms with Gasteiger partial charge in [0.25, 0.3) is 0 Å². The molecule has 0 unspecified atom stereocenters. The summed E-state index contributed by atoms with van der Waals surface area (Å²) in [6, 6.07) is 1.68. The van der Waals surface area contributed by atoms with Gasteiger partial charge in [0.1, 0.15) is 0 Å². The van der Waals surface area contributed by atoms with Crippen LogP contribution in [0.15, 0.2) is 16.3 Å². The minimum atomic E-state index is -3.42. The van der Waals surface area contributed by atoms with Gasteiger partial charge in [0, 0.05) is 18.0 Å². The van der Waals surface area contributed by atoms with Crippen molar-refractivity contribution in [3.05, 3.63) is 16.3 Å². The van der Waals surface area contributed by atoms with E-state index in [-0.39, 0.29) is 5.41 Å². The van der Waals surface area contributed by atoms with Gasteiger partial charge in [0.15, 0.2) is 0 Å². The predicted octanol–water partition coefficient (Wildman–Crippen LogP) is 2.82. The zero-order valence-corrected chi connectivity index (χ0v) is 14.6. The lowest BCUT2D eigenvalue weighted by molar-refractivity contribution is 0.252. The quantitative estimate of drug-likeness (QED) is 0.775. The van der Waals surface area contributed by atoms with Crippen molar-refractivity contribution in [2.45, 2.75) is 46.1 Å². The van der Waals surface area contributed by atoms with E-state index in [9.17, 15) is 8.42 Å². The Balaban J connectivity index is 2.82. The van der Waals surface area contributed by atoms with E-state index in [0.29, 0.717) is 23.9 Å². The van der Waals surface area contributed by atoms with Gasteiger partial charge in [0.2, 0.25) is 10.0 Å². The highest BCUT2D eigenvalue weighted by Crippen LogP contribution is 2.27. The van der Waals surface area contributed by atoms with Crippen LogP contribution in [0.2, 0.25) is 0 Å². The van der Waals surface area contributed by atoms with Crippen LogP contribution in [0.1, 0.15) is 39.5 Å². The van der Waals surface area contributed by atoms with Gasteiger partial charge in [-0.3, -0.25) is 0 Å². The molecule has 1 aromatic heterocycles. The van der Waals surface area contributed by atoms with Gasteiger partial charge in [-0.1, -0.05) is 34.6 Å². The van der Waals surface area contributed by atoms with Crippen molar-refractivity contribution in [2.24, 2.45) is 11.3 Å². The number of hydrogen-bond donors (Lipinski definition) is 2. The standard InChI is InChI=1S/C14H26N2O2S2/c1-6-15-9-12-13(7-8-19-12)20(17,18)16-10-14(4,5)11(2)3/h7-8,11,15-16H,6,9-10H2,1-5H3. The fraction of sp³-hybridized carbons (Fsp3) is 0.714. The molecule has 0 atom stereocenters. The molecule has 1 heterocycles. The molecule has 0 aliphatic rings. The molecule has 0 saturated heterocycles. The van der Waals surface area contributed by atoms with E-state index in [2.05, 4.69) is 37.7 Å². The van der Waals surface area contributed by atoms with Crippen molar-refractivity contribution >= 4 is 21.4 Å². The summed E-state index contributed by atoms with van der Waals surface area (Å²) in [5, 5.41) is 5.00. The molecule has 0 spiro atoms. The first-order valence-electron chi connectivity index (χ1n) is 6.97. The molecule has 0 radical (unpaired) electrons. The second kappa shape index (κ2) is 7.02. The molecular weight excluding hydrogens is 292 g/mol. The van der Waals surface area contributed by atoms with Gasteiger partial charge >= 0.3 is 0 Å². The summed E-state index contributed by atoms with van der Waals surface area (Å²) in [6.07, 6.45) is 0. The van der Waals surface area contributed by atoms with Crippen LogP contribution >= 0.6 is 11.3 Å². The third-order valence-electron chi connectivity index (χ3n) is 3.81. The molecular formula is C14H26N2O2S2. The second-order valence-electron chi connectivity index (χ2n) is 5.96. The molecule has 4 nitrogen and oxygen atoms in total. The normalized spacial score (nSPS) is 13.1. The molecule has 116 valence electrons. The Bertz CT molecular complexity index is 519. The monoisotopic (exact) mass is 318 g/mol. The van der Waals surface area contributed by atoms with Crippen LogP contribution in [0.5, 0.6) is 0 Å². The fourth-order valence-electron chi connectivity index (χ4n) is 1.50. The molecule has 2 N–H and O–H groups in total. The third kappa shape index (κ3) is 4.55. The number of nitrogens with one attached hydrogen (secondary N) is 2. The lowest BCUT2D eigenvalue weighted by atomic mass is 9.81. The lowest BCUT2D eigenvalue weighted by Crippen LogP contribution is -2.37. The topological polar surface area (TPSA) is 58.2 Å². The SMILES string of the molecule is CCNCc1sccc1S(=O)(=O)NCC(C)(C)C(C)C. The van der Waals surface area contributed by atoms with E-state index in [0.717, 1.165) is 11.4 Å². The smallest absolute Gasteiger partial charge is 0.241 e. The molecule has 0 fully saturated rings. The summed E-state index contributed by atoms with van der Waals surface area (Å²) in [4.78, 5) is 1.27. The molecule has 0 amide bonds. The zero-order valence-electron chi connectivity index (χ0n) is 13.0. The van der Waals surface area contributed by atoms with Gasteiger partial charge in [0.05, 0.1) is 4.90 Å². The minimum absolute atomic E-state index is 0.0646. The summed E-state index contributed by atoms with van der Waals surface area (Å²) < 4.78 is 27.6. The lowest BCUT2D eigenvalue weighted by Gasteiger charge is -2.29. The summed E-state index contributed by atoms with van der Waals surface area (Å²) in [6.45, 7) is 12.2. The highest BCUT2D eigenvalue weighted by molar-refractivity contribution is 7.89. The zero-order chi connectivity index (χ0) is 15.4. The van der Waals surface area contributed by atoms with E-state index < -0.39 is 10.0 Å². The first-order valence-corrected chi connectivity index (χ1v) is 9.33.